The number of hydrogen-bond acceptors (Lipinski definition) is 4. The van der Waals surface area contributed by atoms with Crippen LogP contribution in [0.4, 0.5) is 0 Å². The zero-order valence-corrected chi connectivity index (χ0v) is 9.38. The number of carbonyl (C=O) groups is 1. The Morgan fingerprint density at radius 3 is 2.56 bits per heavy atom. The summed E-state index contributed by atoms with van der Waals surface area (Å²) >= 11 is 0. The van der Waals surface area contributed by atoms with Gasteiger partial charge in [-0.3, -0.25) is 4.79 Å². The molecule has 1 aliphatic carbocycles. The van der Waals surface area contributed by atoms with Crippen LogP contribution in [-0.4, -0.2) is 34.8 Å². The summed E-state index contributed by atoms with van der Waals surface area (Å²) < 4.78 is 0. The van der Waals surface area contributed by atoms with Gasteiger partial charge in [0.25, 0.3) is 0 Å². The maximum atomic E-state index is 11.1. The van der Waals surface area contributed by atoms with E-state index in [2.05, 4.69) is 0 Å². The fraction of sp³-hybridized carbons (Fsp3) is 0.900. The molecule has 1 rings (SSSR count). The Morgan fingerprint density at radius 1 is 1.38 bits per heavy atom. The fourth-order valence-corrected chi connectivity index (χ4v) is 2.55. The summed E-state index contributed by atoms with van der Waals surface area (Å²) in [5.74, 6) is -0.775. The maximum absolute atomic E-state index is 11.1. The fourth-order valence-electron chi connectivity index (χ4n) is 2.55. The number of carboxylic acids is 1. The van der Waals surface area contributed by atoms with E-state index in [1.165, 1.54) is 0 Å². The van der Waals surface area contributed by atoms with E-state index < -0.39 is 13.1 Å². The van der Waals surface area contributed by atoms with Crippen LogP contribution in [0.3, 0.4) is 0 Å². The van der Waals surface area contributed by atoms with Crippen LogP contribution >= 0.6 is 0 Å². The molecule has 16 heavy (non-hydrogen) atoms. The highest BCUT2D eigenvalue weighted by Gasteiger charge is 2.34. The Hall–Kier alpha value is -0.585. The Morgan fingerprint density at radius 2 is 2.06 bits per heavy atom. The Kier molecular flexibility index (Phi) is 5.24. The third kappa shape index (κ3) is 3.77. The lowest BCUT2D eigenvalue weighted by molar-refractivity contribution is -0.145. The minimum Gasteiger partial charge on any atom is -0.481 e. The first-order valence-corrected chi connectivity index (χ1v) is 5.83. The van der Waals surface area contributed by atoms with E-state index in [0.29, 0.717) is 25.7 Å². The largest absolute Gasteiger partial charge is 0.481 e. The van der Waals surface area contributed by atoms with Crippen molar-refractivity contribution >= 4 is 13.1 Å². The second-order valence-corrected chi connectivity index (χ2v) is 4.68. The third-order valence-electron chi connectivity index (χ3n) is 3.56. The molecule has 92 valence electrons. The molecular formula is C10H20BNO4. The van der Waals surface area contributed by atoms with Crippen molar-refractivity contribution in [3.05, 3.63) is 0 Å². The predicted molar refractivity (Wildman–Crippen MR) is 60.6 cm³/mol. The zero-order valence-electron chi connectivity index (χ0n) is 9.38. The summed E-state index contributed by atoms with van der Waals surface area (Å²) in [6.45, 7) is 0.423. The average molecular weight is 229 g/mol. The van der Waals surface area contributed by atoms with Crippen LogP contribution in [0.5, 0.6) is 0 Å². The highest BCUT2D eigenvalue weighted by Crippen LogP contribution is 2.36. The molecule has 5 nitrogen and oxygen atoms in total. The molecule has 1 unspecified atom stereocenters. The molecule has 0 heterocycles. The predicted octanol–water partition coefficient (Wildman–Crippen LogP) is -0.0749. The molecule has 3 atom stereocenters. The molecule has 0 aromatic heterocycles. The summed E-state index contributed by atoms with van der Waals surface area (Å²) in [6, 6.07) is 0. The number of aliphatic carboxylic acids is 1. The zero-order chi connectivity index (χ0) is 12.1. The molecule has 6 heteroatoms. The van der Waals surface area contributed by atoms with Crippen LogP contribution in [0.2, 0.25) is 6.32 Å². The van der Waals surface area contributed by atoms with Crippen LogP contribution in [0.25, 0.3) is 0 Å². The second-order valence-electron chi connectivity index (χ2n) is 4.68. The summed E-state index contributed by atoms with van der Waals surface area (Å²) in [5, 5.41) is 26.6. The molecule has 0 amide bonds. The quantitative estimate of drug-likeness (QED) is 0.494. The average Bonchev–Trinajstić information content (AvgIpc) is 2.25. The first-order valence-electron chi connectivity index (χ1n) is 5.83. The standard InChI is InChI=1S/C10H20BNO4/c12-6-8-2-1-7(3-4-11(15)16)5-9(8)10(13)14/h7-9,15-16H,1-6,12H2,(H,13,14)/t7-,8?,9-/m0/s1. The topological polar surface area (TPSA) is 104 Å². The minimum atomic E-state index is -1.28. The van der Waals surface area contributed by atoms with Gasteiger partial charge in [0.1, 0.15) is 0 Å². The molecule has 0 bridgehead atoms. The normalized spacial score (nSPS) is 30.1. The molecule has 0 aromatic carbocycles. The second kappa shape index (κ2) is 6.22. The van der Waals surface area contributed by atoms with Gasteiger partial charge in [-0.25, -0.2) is 0 Å². The van der Waals surface area contributed by atoms with Gasteiger partial charge in [0.2, 0.25) is 0 Å². The van der Waals surface area contributed by atoms with E-state index >= 15 is 0 Å². The minimum absolute atomic E-state index is 0.0767. The van der Waals surface area contributed by atoms with Gasteiger partial charge < -0.3 is 20.9 Å². The van der Waals surface area contributed by atoms with Gasteiger partial charge >= 0.3 is 13.1 Å². The van der Waals surface area contributed by atoms with Crippen LogP contribution in [0, 0.1) is 17.8 Å². The number of rotatable bonds is 5. The van der Waals surface area contributed by atoms with Crippen molar-refractivity contribution in [1.29, 1.82) is 0 Å². The number of nitrogens with two attached hydrogens (primary N) is 1. The van der Waals surface area contributed by atoms with E-state index in [4.69, 9.17) is 20.9 Å². The molecule has 0 aromatic rings. The summed E-state index contributed by atoms with van der Waals surface area (Å²) in [4.78, 5) is 11.1. The van der Waals surface area contributed by atoms with Crippen LogP contribution in [0.1, 0.15) is 25.7 Å². The molecule has 1 fully saturated rings. The molecule has 1 saturated carbocycles. The SMILES string of the molecule is NCC1CC[C@@H](CCB(O)O)C[C@@H]1C(=O)O. The van der Waals surface area contributed by atoms with Crippen LogP contribution in [-0.2, 0) is 4.79 Å². The van der Waals surface area contributed by atoms with E-state index in [0.717, 1.165) is 12.8 Å². The van der Waals surface area contributed by atoms with Crippen LogP contribution < -0.4 is 5.73 Å². The highest BCUT2D eigenvalue weighted by atomic mass is 16.4. The number of carboxylic acid groups (broad SMARTS) is 1. The van der Waals surface area contributed by atoms with Crippen molar-refractivity contribution in [1.82, 2.24) is 0 Å². The lowest BCUT2D eigenvalue weighted by atomic mass is 9.70. The smallest absolute Gasteiger partial charge is 0.451 e. The Labute approximate surface area is 95.8 Å². The molecule has 0 spiro atoms. The Balaban J connectivity index is 2.45. The van der Waals surface area contributed by atoms with Crippen molar-refractivity contribution < 1.29 is 19.9 Å². The first-order chi connectivity index (χ1) is 7.54. The van der Waals surface area contributed by atoms with Crippen molar-refractivity contribution in [2.24, 2.45) is 23.5 Å². The van der Waals surface area contributed by atoms with E-state index in [9.17, 15) is 4.79 Å². The molecule has 0 radical (unpaired) electrons. The first kappa shape index (κ1) is 13.5. The molecule has 5 N–H and O–H groups in total. The van der Waals surface area contributed by atoms with Crippen molar-refractivity contribution in [3.8, 4) is 0 Å². The highest BCUT2D eigenvalue weighted by molar-refractivity contribution is 6.40. The van der Waals surface area contributed by atoms with Crippen molar-refractivity contribution in [2.45, 2.75) is 32.0 Å². The van der Waals surface area contributed by atoms with Gasteiger partial charge in [0.05, 0.1) is 5.92 Å². The molecular weight excluding hydrogens is 209 g/mol. The lowest BCUT2D eigenvalue weighted by Crippen LogP contribution is -2.35. The summed E-state index contributed by atoms with van der Waals surface area (Å²) in [5.41, 5.74) is 5.56. The van der Waals surface area contributed by atoms with Gasteiger partial charge in [0, 0.05) is 0 Å². The number of hydrogen-bond donors (Lipinski definition) is 4. The molecule has 0 saturated heterocycles. The van der Waals surface area contributed by atoms with Gasteiger partial charge in [-0.1, -0.05) is 12.8 Å². The van der Waals surface area contributed by atoms with E-state index in [1.54, 1.807) is 0 Å². The van der Waals surface area contributed by atoms with Gasteiger partial charge in [-0.15, -0.1) is 0 Å². The summed E-state index contributed by atoms with van der Waals surface area (Å²) in [7, 11) is -1.28. The monoisotopic (exact) mass is 229 g/mol. The van der Waals surface area contributed by atoms with Crippen molar-refractivity contribution in [3.63, 3.8) is 0 Å². The summed E-state index contributed by atoms with van der Waals surface area (Å²) in [6.07, 6.45) is 3.39. The van der Waals surface area contributed by atoms with Crippen LogP contribution in [0.15, 0.2) is 0 Å². The molecule has 0 aliphatic heterocycles. The van der Waals surface area contributed by atoms with Gasteiger partial charge in [0.15, 0.2) is 0 Å². The van der Waals surface area contributed by atoms with E-state index in [1.807, 2.05) is 0 Å². The Bertz CT molecular complexity index is 237. The van der Waals surface area contributed by atoms with E-state index in [-0.39, 0.29) is 17.8 Å². The molecule has 1 aliphatic rings. The van der Waals surface area contributed by atoms with Gasteiger partial charge in [-0.05, 0) is 37.5 Å². The maximum Gasteiger partial charge on any atom is 0.451 e. The van der Waals surface area contributed by atoms with Gasteiger partial charge in [-0.2, -0.15) is 0 Å². The van der Waals surface area contributed by atoms with Crippen molar-refractivity contribution in [2.75, 3.05) is 6.54 Å². The lowest BCUT2D eigenvalue weighted by Gasteiger charge is -2.33. The third-order valence-corrected chi connectivity index (χ3v) is 3.56.